The Hall–Kier alpha value is -2.61. The molecule has 1 saturated heterocycles. The van der Waals surface area contributed by atoms with E-state index in [0.29, 0.717) is 16.1 Å². The van der Waals surface area contributed by atoms with Crippen molar-refractivity contribution in [2.75, 3.05) is 6.54 Å². The SMILES string of the molecule is O=C1CCN(S(=O)(=O)c2ccc(Cl)cc2)C(C(c2ccc(F)cc2)c2ccc(F)cc2)C1. The molecule has 0 N–H and O–H groups in total. The maximum absolute atomic E-state index is 13.6. The molecule has 8 heteroatoms. The van der Waals surface area contributed by atoms with Gasteiger partial charge in [0.1, 0.15) is 17.4 Å². The molecule has 1 aliphatic rings. The lowest BCUT2D eigenvalue weighted by atomic mass is 9.81. The summed E-state index contributed by atoms with van der Waals surface area (Å²) in [5, 5.41) is 0.407. The van der Waals surface area contributed by atoms with Crippen LogP contribution in [-0.4, -0.2) is 31.1 Å². The number of ketones is 1. The largest absolute Gasteiger partial charge is 0.300 e. The summed E-state index contributed by atoms with van der Waals surface area (Å²) in [5.74, 6) is -1.52. The summed E-state index contributed by atoms with van der Waals surface area (Å²) in [5.41, 5.74) is 1.27. The summed E-state index contributed by atoms with van der Waals surface area (Å²) < 4.78 is 55.6. The van der Waals surface area contributed by atoms with Crippen LogP contribution in [0.4, 0.5) is 8.78 Å². The minimum absolute atomic E-state index is 0.00770. The van der Waals surface area contributed by atoms with Gasteiger partial charge in [0.15, 0.2) is 0 Å². The maximum atomic E-state index is 13.6. The second-order valence-corrected chi connectivity index (χ2v) is 10.0. The van der Waals surface area contributed by atoms with Gasteiger partial charge in [0.25, 0.3) is 0 Å². The van der Waals surface area contributed by atoms with E-state index in [1.807, 2.05) is 0 Å². The van der Waals surface area contributed by atoms with Gasteiger partial charge in [-0.1, -0.05) is 35.9 Å². The van der Waals surface area contributed by atoms with Crippen molar-refractivity contribution >= 4 is 27.4 Å². The Kier molecular flexibility index (Phi) is 6.42. The van der Waals surface area contributed by atoms with E-state index in [2.05, 4.69) is 0 Å². The number of Topliss-reactive ketones (excluding diaryl/α,β-unsaturated/α-hetero) is 1. The highest BCUT2D eigenvalue weighted by Gasteiger charge is 2.41. The van der Waals surface area contributed by atoms with Crippen LogP contribution in [0.15, 0.2) is 77.7 Å². The number of halogens is 3. The van der Waals surface area contributed by atoms with Crippen molar-refractivity contribution in [2.45, 2.75) is 29.7 Å². The highest BCUT2D eigenvalue weighted by molar-refractivity contribution is 7.89. The minimum Gasteiger partial charge on any atom is -0.300 e. The topological polar surface area (TPSA) is 54.5 Å². The number of hydrogen-bond acceptors (Lipinski definition) is 3. The average Bonchev–Trinajstić information content (AvgIpc) is 2.77. The predicted octanol–water partition coefficient (Wildman–Crippen LogP) is 5.17. The van der Waals surface area contributed by atoms with Gasteiger partial charge in [-0.3, -0.25) is 4.79 Å². The normalized spacial score (nSPS) is 17.6. The third kappa shape index (κ3) is 4.60. The van der Waals surface area contributed by atoms with Crippen molar-refractivity contribution in [3.05, 3.63) is 101 Å². The lowest BCUT2D eigenvalue weighted by molar-refractivity contribution is -0.122. The Labute approximate surface area is 190 Å². The molecule has 0 bridgehead atoms. The molecule has 0 saturated carbocycles. The molecule has 3 aromatic rings. The lowest BCUT2D eigenvalue weighted by Gasteiger charge is -2.39. The molecular weight excluding hydrogens is 456 g/mol. The molecule has 3 aromatic carbocycles. The van der Waals surface area contributed by atoms with Crippen LogP contribution in [0.3, 0.4) is 0 Å². The van der Waals surface area contributed by atoms with Crippen molar-refractivity contribution in [2.24, 2.45) is 0 Å². The molecule has 0 radical (unpaired) electrons. The van der Waals surface area contributed by atoms with E-state index in [-0.39, 0.29) is 30.1 Å². The van der Waals surface area contributed by atoms with Crippen molar-refractivity contribution in [3.8, 4) is 0 Å². The third-order valence-corrected chi connectivity index (χ3v) is 7.87. The van der Waals surface area contributed by atoms with Crippen LogP contribution in [0, 0.1) is 11.6 Å². The molecule has 0 spiro atoms. The number of benzene rings is 3. The Bertz CT molecular complexity index is 1170. The summed E-state index contributed by atoms with van der Waals surface area (Å²) in [6, 6.07) is 16.5. The highest BCUT2D eigenvalue weighted by atomic mass is 35.5. The summed E-state index contributed by atoms with van der Waals surface area (Å²) in [6.45, 7) is 0.0212. The van der Waals surface area contributed by atoms with E-state index in [1.165, 1.54) is 52.8 Å². The fourth-order valence-corrected chi connectivity index (χ4v) is 5.90. The van der Waals surface area contributed by atoms with Gasteiger partial charge in [0, 0.05) is 36.4 Å². The monoisotopic (exact) mass is 475 g/mol. The van der Waals surface area contributed by atoms with Crippen LogP contribution >= 0.6 is 11.6 Å². The number of piperidine rings is 1. The van der Waals surface area contributed by atoms with Gasteiger partial charge in [-0.05, 0) is 59.7 Å². The number of nitrogens with zero attached hydrogens (tertiary/aromatic N) is 1. The second-order valence-electron chi connectivity index (χ2n) is 7.71. The third-order valence-electron chi connectivity index (χ3n) is 5.68. The van der Waals surface area contributed by atoms with Crippen LogP contribution in [-0.2, 0) is 14.8 Å². The molecule has 1 atom stereocenters. The molecule has 1 unspecified atom stereocenters. The second kappa shape index (κ2) is 9.10. The smallest absolute Gasteiger partial charge is 0.243 e. The van der Waals surface area contributed by atoms with E-state index >= 15 is 0 Å². The van der Waals surface area contributed by atoms with E-state index in [9.17, 15) is 22.0 Å². The first-order valence-corrected chi connectivity index (χ1v) is 11.9. The zero-order valence-corrected chi connectivity index (χ0v) is 18.5. The molecule has 4 rings (SSSR count). The van der Waals surface area contributed by atoms with Crippen molar-refractivity contribution < 1.29 is 22.0 Å². The maximum Gasteiger partial charge on any atom is 0.243 e. The molecule has 4 nitrogen and oxygen atoms in total. The van der Waals surface area contributed by atoms with Crippen molar-refractivity contribution in [1.82, 2.24) is 4.31 Å². The highest BCUT2D eigenvalue weighted by Crippen LogP contribution is 2.38. The van der Waals surface area contributed by atoms with Gasteiger partial charge >= 0.3 is 0 Å². The zero-order chi connectivity index (χ0) is 22.9. The quantitative estimate of drug-likeness (QED) is 0.511. The van der Waals surface area contributed by atoms with Gasteiger partial charge in [-0.25, -0.2) is 17.2 Å². The van der Waals surface area contributed by atoms with Crippen LogP contribution < -0.4 is 0 Å². The van der Waals surface area contributed by atoms with E-state index < -0.39 is 33.6 Å². The zero-order valence-electron chi connectivity index (χ0n) is 16.9. The van der Waals surface area contributed by atoms with E-state index in [1.54, 1.807) is 24.3 Å². The molecule has 1 fully saturated rings. The lowest BCUT2D eigenvalue weighted by Crippen LogP contribution is -2.49. The van der Waals surface area contributed by atoms with Crippen molar-refractivity contribution in [1.29, 1.82) is 0 Å². The molecule has 0 aliphatic carbocycles. The van der Waals surface area contributed by atoms with Crippen LogP contribution in [0.5, 0.6) is 0 Å². The molecule has 1 aliphatic heterocycles. The van der Waals surface area contributed by atoms with Gasteiger partial charge in [0.2, 0.25) is 10.0 Å². The standard InChI is InChI=1S/C24H20ClF2NO3S/c25-18-5-11-22(12-6-18)32(30,31)28-14-13-21(29)15-23(28)24(16-1-7-19(26)8-2-16)17-3-9-20(27)10-4-17/h1-12,23-24H,13-15H2. The molecular formula is C24H20ClF2NO3S. The number of carbonyl (C=O) groups excluding carboxylic acids is 1. The van der Waals surface area contributed by atoms with Gasteiger partial charge in [-0.15, -0.1) is 0 Å². The summed E-state index contributed by atoms with van der Waals surface area (Å²) >= 11 is 5.92. The van der Waals surface area contributed by atoms with Crippen LogP contribution in [0.1, 0.15) is 29.9 Å². The molecule has 32 heavy (non-hydrogen) atoms. The summed E-state index contributed by atoms with van der Waals surface area (Å²) in [7, 11) is -3.95. The van der Waals surface area contributed by atoms with E-state index in [0.717, 1.165) is 0 Å². The van der Waals surface area contributed by atoms with Crippen LogP contribution in [0.25, 0.3) is 0 Å². The van der Waals surface area contributed by atoms with Gasteiger partial charge in [-0.2, -0.15) is 4.31 Å². The number of hydrogen-bond donors (Lipinski definition) is 0. The first-order chi connectivity index (χ1) is 15.3. The molecule has 0 aromatic heterocycles. The summed E-state index contributed by atoms with van der Waals surface area (Å²) in [6.07, 6.45) is 0.0924. The first-order valence-electron chi connectivity index (χ1n) is 10.1. The van der Waals surface area contributed by atoms with Crippen LogP contribution in [0.2, 0.25) is 5.02 Å². The molecule has 0 amide bonds. The average molecular weight is 476 g/mol. The molecule has 1 heterocycles. The van der Waals surface area contributed by atoms with Gasteiger partial charge in [0.05, 0.1) is 4.90 Å². The Balaban J connectivity index is 1.84. The van der Waals surface area contributed by atoms with Gasteiger partial charge < -0.3 is 0 Å². The minimum atomic E-state index is -3.95. The Morgan fingerprint density at radius 1 is 0.844 bits per heavy atom. The number of rotatable bonds is 5. The first kappa shape index (κ1) is 22.6. The number of sulfonamides is 1. The summed E-state index contributed by atoms with van der Waals surface area (Å²) in [4.78, 5) is 12.5. The number of carbonyl (C=O) groups is 1. The Morgan fingerprint density at radius 2 is 1.34 bits per heavy atom. The fraction of sp³-hybridized carbons (Fsp3) is 0.208. The van der Waals surface area contributed by atoms with E-state index in [4.69, 9.17) is 11.6 Å². The molecule has 166 valence electrons. The predicted molar refractivity (Wildman–Crippen MR) is 118 cm³/mol. The van der Waals surface area contributed by atoms with Crippen molar-refractivity contribution in [3.63, 3.8) is 0 Å². The Morgan fingerprint density at radius 3 is 1.84 bits per heavy atom. The fourth-order valence-electron chi connectivity index (χ4n) is 4.14.